The van der Waals surface area contributed by atoms with Crippen LogP contribution in [0.5, 0.6) is 0 Å². The minimum absolute atomic E-state index is 0.0738. The van der Waals surface area contributed by atoms with Crippen LogP contribution in [0.25, 0.3) is 10.2 Å². The molecule has 1 aliphatic heterocycles. The Morgan fingerprint density at radius 1 is 1.38 bits per heavy atom. The number of fused-ring (bicyclic) bond motifs is 1. The number of aromatic nitrogens is 4. The Morgan fingerprint density at radius 2 is 2.29 bits per heavy atom. The molecule has 8 heteroatoms. The summed E-state index contributed by atoms with van der Waals surface area (Å²) in [5.74, 6) is -0.0738. The Bertz CT molecular complexity index is 839. The predicted octanol–water partition coefficient (Wildman–Crippen LogP) is 1.82. The predicted molar refractivity (Wildman–Crippen MR) is 93.3 cm³/mol. The Balaban J connectivity index is 1.47. The lowest BCUT2D eigenvalue weighted by molar-refractivity contribution is 0.0923. The highest BCUT2D eigenvalue weighted by Gasteiger charge is 2.24. The van der Waals surface area contributed by atoms with Crippen LogP contribution < -0.4 is 10.2 Å². The second-order valence-electron chi connectivity index (χ2n) is 5.94. The summed E-state index contributed by atoms with van der Waals surface area (Å²) in [4.78, 5) is 23.4. The fraction of sp³-hybridized carbons (Fsp3) is 0.375. The first-order chi connectivity index (χ1) is 11.7. The highest BCUT2D eigenvalue weighted by molar-refractivity contribution is 7.22. The first kappa shape index (κ1) is 15.1. The number of thiazole rings is 1. The van der Waals surface area contributed by atoms with Crippen LogP contribution in [0.3, 0.4) is 0 Å². The number of nitrogens with zero attached hydrogens (tertiary/aromatic N) is 5. The molecule has 3 aromatic heterocycles. The number of aryl methyl sites for hydroxylation is 1. The molecular formula is C16H18N6OS. The Morgan fingerprint density at radius 3 is 3.08 bits per heavy atom. The zero-order valence-electron chi connectivity index (χ0n) is 13.3. The van der Waals surface area contributed by atoms with Crippen molar-refractivity contribution in [2.75, 3.05) is 18.0 Å². The lowest BCUT2D eigenvalue weighted by Gasteiger charge is -2.32. The molecule has 3 aromatic rings. The second kappa shape index (κ2) is 6.20. The zero-order valence-corrected chi connectivity index (χ0v) is 14.2. The molecule has 7 nitrogen and oxygen atoms in total. The number of rotatable bonds is 3. The molecule has 1 aliphatic rings. The van der Waals surface area contributed by atoms with Crippen molar-refractivity contribution in [1.82, 2.24) is 25.1 Å². The van der Waals surface area contributed by atoms with Gasteiger partial charge in [0.15, 0.2) is 5.13 Å². The molecule has 0 aromatic carbocycles. The maximum atomic E-state index is 12.4. The summed E-state index contributed by atoms with van der Waals surface area (Å²) in [6.45, 7) is 1.74. The molecule has 1 N–H and O–H groups in total. The van der Waals surface area contributed by atoms with E-state index in [2.05, 4.69) is 25.3 Å². The van der Waals surface area contributed by atoms with E-state index in [0.29, 0.717) is 5.69 Å². The monoisotopic (exact) mass is 342 g/mol. The molecule has 0 bridgehead atoms. The van der Waals surface area contributed by atoms with Crippen LogP contribution in [0.4, 0.5) is 5.13 Å². The van der Waals surface area contributed by atoms with E-state index in [1.807, 2.05) is 6.07 Å². The van der Waals surface area contributed by atoms with Gasteiger partial charge in [0.2, 0.25) is 0 Å². The van der Waals surface area contributed by atoms with Crippen molar-refractivity contribution < 1.29 is 4.79 Å². The number of anilines is 1. The van der Waals surface area contributed by atoms with Gasteiger partial charge in [-0.3, -0.25) is 14.5 Å². The number of nitrogens with one attached hydrogen (secondary N) is 1. The average molecular weight is 342 g/mol. The number of carbonyl (C=O) groups is 1. The molecule has 0 aliphatic carbocycles. The van der Waals surface area contributed by atoms with Crippen molar-refractivity contribution in [1.29, 1.82) is 0 Å². The molecule has 0 saturated carbocycles. The van der Waals surface area contributed by atoms with E-state index in [1.165, 1.54) is 0 Å². The molecule has 4 rings (SSSR count). The molecule has 1 amide bonds. The maximum absolute atomic E-state index is 12.4. The van der Waals surface area contributed by atoms with Gasteiger partial charge >= 0.3 is 0 Å². The Kier molecular flexibility index (Phi) is 3.89. The first-order valence-electron chi connectivity index (χ1n) is 7.95. The summed E-state index contributed by atoms with van der Waals surface area (Å²) < 4.78 is 2.73. The second-order valence-corrected chi connectivity index (χ2v) is 6.95. The molecule has 4 heterocycles. The summed E-state index contributed by atoms with van der Waals surface area (Å²) in [7, 11) is 1.78. The highest BCUT2D eigenvalue weighted by atomic mass is 32.1. The Labute approximate surface area is 143 Å². The molecular weight excluding hydrogens is 324 g/mol. The smallest absolute Gasteiger partial charge is 0.269 e. The van der Waals surface area contributed by atoms with E-state index in [1.54, 1.807) is 47.7 Å². The van der Waals surface area contributed by atoms with Crippen LogP contribution in [-0.2, 0) is 7.05 Å². The van der Waals surface area contributed by atoms with Crippen molar-refractivity contribution in [3.8, 4) is 0 Å². The fourth-order valence-corrected chi connectivity index (χ4v) is 4.00. The Hall–Kier alpha value is -2.48. The third-order valence-corrected chi connectivity index (χ3v) is 5.36. The highest BCUT2D eigenvalue weighted by Crippen LogP contribution is 2.29. The minimum Gasteiger partial charge on any atom is -0.346 e. The number of piperidine rings is 1. The van der Waals surface area contributed by atoms with Crippen LogP contribution >= 0.6 is 11.3 Å². The van der Waals surface area contributed by atoms with Gasteiger partial charge in [0.05, 0.1) is 10.9 Å². The van der Waals surface area contributed by atoms with Crippen LogP contribution in [-0.4, -0.2) is 44.8 Å². The van der Waals surface area contributed by atoms with Crippen molar-refractivity contribution >= 4 is 32.6 Å². The normalized spacial score (nSPS) is 18.0. The molecule has 0 spiro atoms. The van der Waals surface area contributed by atoms with E-state index in [-0.39, 0.29) is 11.9 Å². The zero-order chi connectivity index (χ0) is 16.5. The number of hydrogen-bond donors (Lipinski definition) is 1. The van der Waals surface area contributed by atoms with Crippen LogP contribution in [0.15, 0.2) is 30.7 Å². The van der Waals surface area contributed by atoms with Crippen molar-refractivity contribution in [2.45, 2.75) is 18.9 Å². The third kappa shape index (κ3) is 2.84. The summed E-state index contributed by atoms with van der Waals surface area (Å²) >= 11 is 1.67. The molecule has 0 radical (unpaired) electrons. The van der Waals surface area contributed by atoms with E-state index in [0.717, 1.165) is 41.3 Å². The van der Waals surface area contributed by atoms with Crippen molar-refractivity contribution in [2.24, 2.45) is 7.05 Å². The van der Waals surface area contributed by atoms with E-state index >= 15 is 0 Å². The standard InChI is InChI=1S/C16H18N6OS/c1-21-13(4-7-18-21)15(23)19-11-3-2-8-22(10-11)16-20-12-9-17-6-5-14(12)24-16/h4-7,9,11H,2-3,8,10H2,1H3,(H,19,23). The topological polar surface area (TPSA) is 75.9 Å². The van der Waals surface area contributed by atoms with E-state index in [4.69, 9.17) is 0 Å². The molecule has 1 atom stereocenters. The third-order valence-electron chi connectivity index (χ3n) is 4.26. The molecule has 24 heavy (non-hydrogen) atoms. The number of pyridine rings is 1. The SMILES string of the molecule is Cn1nccc1C(=O)NC1CCCN(c2nc3cnccc3s2)C1. The molecule has 1 saturated heterocycles. The number of amides is 1. The quantitative estimate of drug-likeness (QED) is 0.786. The largest absolute Gasteiger partial charge is 0.346 e. The van der Waals surface area contributed by atoms with Gasteiger partial charge in [0.1, 0.15) is 11.2 Å². The van der Waals surface area contributed by atoms with Crippen molar-refractivity contribution in [3.63, 3.8) is 0 Å². The van der Waals surface area contributed by atoms with Crippen molar-refractivity contribution in [3.05, 3.63) is 36.4 Å². The first-order valence-corrected chi connectivity index (χ1v) is 8.77. The van der Waals surface area contributed by atoms with Crippen LogP contribution in [0.1, 0.15) is 23.3 Å². The molecule has 124 valence electrons. The van der Waals surface area contributed by atoms with E-state index < -0.39 is 0 Å². The van der Waals surface area contributed by atoms with Crippen LogP contribution in [0, 0.1) is 0 Å². The van der Waals surface area contributed by atoms with Gasteiger partial charge in [-0.25, -0.2) is 4.98 Å². The van der Waals surface area contributed by atoms with Gasteiger partial charge in [-0.15, -0.1) is 0 Å². The van der Waals surface area contributed by atoms with Gasteiger partial charge in [-0.2, -0.15) is 5.10 Å². The van der Waals surface area contributed by atoms with Gasteiger partial charge < -0.3 is 10.2 Å². The maximum Gasteiger partial charge on any atom is 0.269 e. The number of hydrogen-bond acceptors (Lipinski definition) is 6. The summed E-state index contributed by atoms with van der Waals surface area (Å²) in [6, 6.07) is 3.84. The van der Waals surface area contributed by atoms with Gasteiger partial charge in [0, 0.05) is 38.6 Å². The molecule has 1 fully saturated rings. The van der Waals surface area contributed by atoms with Gasteiger partial charge in [-0.05, 0) is 25.0 Å². The van der Waals surface area contributed by atoms with Gasteiger partial charge in [0.25, 0.3) is 5.91 Å². The molecule has 1 unspecified atom stereocenters. The van der Waals surface area contributed by atoms with Crippen LogP contribution in [0.2, 0.25) is 0 Å². The lowest BCUT2D eigenvalue weighted by Crippen LogP contribution is -2.48. The summed E-state index contributed by atoms with van der Waals surface area (Å²) in [5, 5.41) is 8.17. The number of carbonyl (C=O) groups excluding carboxylic acids is 1. The average Bonchev–Trinajstić information content (AvgIpc) is 3.21. The van der Waals surface area contributed by atoms with Gasteiger partial charge in [-0.1, -0.05) is 11.3 Å². The minimum atomic E-state index is -0.0738. The van der Waals surface area contributed by atoms with E-state index in [9.17, 15) is 4.79 Å². The fourth-order valence-electron chi connectivity index (χ4n) is 3.03. The summed E-state index contributed by atoms with van der Waals surface area (Å²) in [6.07, 6.45) is 7.23. The lowest BCUT2D eigenvalue weighted by atomic mass is 10.1. The summed E-state index contributed by atoms with van der Waals surface area (Å²) in [5.41, 5.74) is 1.51.